The maximum Gasteiger partial charge on any atom is 0.141 e. The summed E-state index contributed by atoms with van der Waals surface area (Å²) in [7, 11) is 0. The average molecular weight is 238 g/mol. The van der Waals surface area contributed by atoms with E-state index in [4.69, 9.17) is 4.52 Å². The van der Waals surface area contributed by atoms with Crippen LogP contribution in [0.1, 0.15) is 5.76 Å². The number of rotatable bonds is 1. The van der Waals surface area contributed by atoms with Crippen LogP contribution < -0.4 is 0 Å². The lowest BCUT2D eigenvalue weighted by molar-refractivity contribution is 0.398. The Balaban J connectivity index is 2.47. The largest absolute Gasteiger partial charge is 0.361 e. The monoisotopic (exact) mass is 237 g/mol. The molecule has 0 aliphatic rings. The molecule has 0 spiro atoms. The molecular formula is C10H8BrNO. The summed E-state index contributed by atoms with van der Waals surface area (Å²) in [5, 5.41) is 3.73. The molecule has 0 bridgehead atoms. The van der Waals surface area contributed by atoms with E-state index in [-0.39, 0.29) is 0 Å². The van der Waals surface area contributed by atoms with E-state index in [0.29, 0.717) is 0 Å². The zero-order chi connectivity index (χ0) is 9.26. The standard InChI is InChI=1S/C10H8BrNO/c1-7-10(6-12-13-7)8-2-4-9(11)5-3-8/h2-6H,1H3. The van der Waals surface area contributed by atoms with Crippen molar-refractivity contribution in [1.29, 1.82) is 0 Å². The van der Waals surface area contributed by atoms with Crippen molar-refractivity contribution in [3.05, 3.63) is 40.7 Å². The highest BCUT2D eigenvalue weighted by atomic mass is 79.9. The van der Waals surface area contributed by atoms with Crippen molar-refractivity contribution in [2.75, 3.05) is 0 Å². The lowest BCUT2D eigenvalue weighted by Gasteiger charge is -1.97. The van der Waals surface area contributed by atoms with E-state index >= 15 is 0 Å². The van der Waals surface area contributed by atoms with Crippen molar-refractivity contribution in [3.8, 4) is 11.1 Å². The van der Waals surface area contributed by atoms with Crippen LogP contribution in [0.5, 0.6) is 0 Å². The van der Waals surface area contributed by atoms with Gasteiger partial charge in [-0.05, 0) is 24.6 Å². The summed E-state index contributed by atoms with van der Waals surface area (Å²) in [4.78, 5) is 0. The summed E-state index contributed by atoms with van der Waals surface area (Å²) in [6.45, 7) is 1.91. The van der Waals surface area contributed by atoms with Gasteiger partial charge in [0.1, 0.15) is 5.76 Å². The van der Waals surface area contributed by atoms with E-state index in [1.807, 2.05) is 31.2 Å². The first-order chi connectivity index (χ1) is 6.27. The van der Waals surface area contributed by atoms with Gasteiger partial charge in [0, 0.05) is 10.0 Å². The molecule has 2 rings (SSSR count). The SMILES string of the molecule is Cc1oncc1-c1ccc(Br)cc1. The second kappa shape index (κ2) is 3.34. The first kappa shape index (κ1) is 8.51. The van der Waals surface area contributed by atoms with E-state index in [2.05, 4.69) is 21.1 Å². The first-order valence-corrected chi connectivity index (χ1v) is 4.74. The molecule has 0 atom stereocenters. The zero-order valence-electron chi connectivity index (χ0n) is 7.12. The van der Waals surface area contributed by atoms with Crippen LogP contribution in [0.4, 0.5) is 0 Å². The summed E-state index contributed by atoms with van der Waals surface area (Å²) in [6.07, 6.45) is 1.73. The van der Waals surface area contributed by atoms with Gasteiger partial charge in [-0.2, -0.15) is 0 Å². The zero-order valence-corrected chi connectivity index (χ0v) is 8.71. The van der Waals surface area contributed by atoms with Crippen LogP contribution >= 0.6 is 15.9 Å². The fraction of sp³-hybridized carbons (Fsp3) is 0.100. The van der Waals surface area contributed by atoms with Gasteiger partial charge in [-0.15, -0.1) is 0 Å². The highest BCUT2D eigenvalue weighted by Crippen LogP contribution is 2.24. The fourth-order valence-electron chi connectivity index (χ4n) is 1.21. The molecule has 0 N–H and O–H groups in total. The Morgan fingerprint density at radius 1 is 1.23 bits per heavy atom. The number of hydrogen-bond donors (Lipinski definition) is 0. The maximum absolute atomic E-state index is 4.99. The molecule has 2 nitrogen and oxygen atoms in total. The van der Waals surface area contributed by atoms with E-state index in [1.165, 1.54) is 0 Å². The second-order valence-electron chi connectivity index (χ2n) is 2.80. The van der Waals surface area contributed by atoms with Crippen molar-refractivity contribution >= 4 is 15.9 Å². The molecule has 0 aliphatic heterocycles. The lowest BCUT2D eigenvalue weighted by Crippen LogP contribution is -1.76. The van der Waals surface area contributed by atoms with Gasteiger partial charge >= 0.3 is 0 Å². The van der Waals surface area contributed by atoms with Gasteiger partial charge in [-0.1, -0.05) is 33.2 Å². The van der Waals surface area contributed by atoms with E-state index in [0.717, 1.165) is 21.4 Å². The average Bonchev–Trinajstić information content (AvgIpc) is 2.53. The number of aromatic nitrogens is 1. The smallest absolute Gasteiger partial charge is 0.141 e. The highest BCUT2D eigenvalue weighted by molar-refractivity contribution is 9.10. The molecule has 0 saturated heterocycles. The quantitative estimate of drug-likeness (QED) is 0.760. The third-order valence-electron chi connectivity index (χ3n) is 1.91. The molecule has 0 fully saturated rings. The minimum absolute atomic E-state index is 0.849. The third kappa shape index (κ3) is 1.65. The molecule has 0 saturated carbocycles. The molecule has 1 aromatic carbocycles. The minimum Gasteiger partial charge on any atom is -0.361 e. The van der Waals surface area contributed by atoms with E-state index < -0.39 is 0 Å². The predicted molar refractivity (Wildman–Crippen MR) is 54.4 cm³/mol. The van der Waals surface area contributed by atoms with Gasteiger partial charge in [0.25, 0.3) is 0 Å². The summed E-state index contributed by atoms with van der Waals surface area (Å²) in [6, 6.07) is 8.07. The van der Waals surface area contributed by atoms with Crippen molar-refractivity contribution in [2.45, 2.75) is 6.92 Å². The van der Waals surface area contributed by atoms with Crippen LogP contribution in [0, 0.1) is 6.92 Å². The maximum atomic E-state index is 4.99. The number of halogens is 1. The summed E-state index contributed by atoms with van der Waals surface area (Å²) >= 11 is 3.39. The Hall–Kier alpha value is -1.09. The molecule has 66 valence electrons. The number of hydrogen-bond acceptors (Lipinski definition) is 2. The molecule has 1 heterocycles. The van der Waals surface area contributed by atoms with Crippen LogP contribution in [0.2, 0.25) is 0 Å². The van der Waals surface area contributed by atoms with E-state index in [1.54, 1.807) is 6.20 Å². The summed E-state index contributed by atoms with van der Waals surface area (Å²) in [5.74, 6) is 0.849. The molecule has 3 heteroatoms. The second-order valence-corrected chi connectivity index (χ2v) is 3.72. The van der Waals surface area contributed by atoms with Gasteiger partial charge in [0.15, 0.2) is 0 Å². The Morgan fingerprint density at radius 2 is 1.92 bits per heavy atom. The minimum atomic E-state index is 0.849. The molecule has 0 radical (unpaired) electrons. The van der Waals surface area contributed by atoms with Crippen molar-refractivity contribution < 1.29 is 4.52 Å². The summed E-state index contributed by atoms with van der Waals surface area (Å²) < 4.78 is 6.06. The Bertz CT molecular complexity index is 405. The van der Waals surface area contributed by atoms with Crippen molar-refractivity contribution in [1.82, 2.24) is 5.16 Å². The van der Waals surface area contributed by atoms with Gasteiger partial charge in [0.2, 0.25) is 0 Å². The van der Waals surface area contributed by atoms with Gasteiger partial charge in [-0.25, -0.2) is 0 Å². The lowest BCUT2D eigenvalue weighted by atomic mass is 10.1. The first-order valence-electron chi connectivity index (χ1n) is 3.94. The highest BCUT2D eigenvalue weighted by Gasteiger charge is 2.04. The van der Waals surface area contributed by atoms with Crippen molar-refractivity contribution in [2.24, 2.45) is 0 Å². The Kier molecular flexibility index (Phi) is 2.19. The van der Waals surface area contributed by atoms with Crippen LogP contribution in [-0.4, -0.2) is 5.16 Å². The molecule has 0 aliphatic carbocycles. The Morgan fingerprint density at radius 3 is 2.46 bits per heavy atom. The normalized spacial score (nSPS) is 10.3. The topological polar surface area (TPSA) is 26.0 Å². The van der Waals surface area contributed by atoms with Crippen LogP contribution in [0.15, 0.2) is 39.5 Å². The fourth-order valence-corrected chi connectivity index (χ4v) is 1.47. The molecule has 13 heavy (non-hydrogen) atoms. The third-order valence-corrected chi connectivity index (χ3v) is 2.43. The molecule has 0 amide bonds. The van der Waals surface area contributed by atoms with Crippen LogP contribution in [0.3, 0.4) is 0 Å². The van der Waals surface area contributed by atoms with Gasteiger partial charge in [-0.3, -0.25) is 0 Å². The molecular weight excluding hydrogens is 230 g/mol. The van der Waals surface area contributed by atoms with Gasteiger partial charge < -0.3 is 4.52 Å². The molecule has 1 aromatic heterocycles. The number of aryl methyl sites for hydroxylation is 1. The number of nitrogens with zero attached hydrogens (tertiary/aromatic N) is 1. The van der Waals surface area contributed by atoms with Crippen molar-refractivity contribution in [3.63, 3.8) is 0 Å². The molecule has 2 aromatic rings. The summed E-state index contributed by atoms with van der Waals surface area (Å²) in [5.41, 5.74) is 2.18. The van der Waals surface area contributed by atoms with Gasteiger partial charge in [0.05, 0.1) is 6.20 Å². The van der Waals surface area contributed by atoms with Crippen LogP contribution in [0.25, 0.3) is 11.1 Å². The van der Waals surface area contributed by atoms with Crippen LogP contribution in [-0.2, 0) is 0 Å². The van der Waals surface area contributed by atoms with E-state index in [9.17, 15) is 0 Å². The predicted octanol–water partition coefficient (Wildman–Crippen LogP) is 3.41. The number of benzene rings is 1. The Labute approximate surface area is 84.7 Å². The molecule has 0 unspecified atom stereocenters.